The maximum atomic E-state index is 10.9. The van der Waals surface area contributed by atoms with E-state index < -0.39 is 0 Å². The van der Waals surface area contributed by atoms with Crippen LogP contribution >= 0.6 is 0 Å². The van der Waals surface area contributed by atoms with Gasteiger partial charge >= 0.3 is 0 Å². The average Bonchev–Trinajstić information content (AvgIpc) is 2.88. The molecule has 0 heterocycles. The Morgan fingerprint density at radius 3 is 2.85 bits per heavy atom. The summed E-state index contributed by atoms with van der Waals surface area (Å²) in [5, 5.41) is 6.15. The van der Waals surface area contributed by atoms with Gasteiger partial charge in [0.1, 0.15) is 6.61 Å². The first-order chi connectivity index (χ1) is 6.33. The molecular weight excluding hydrogens is 168 g/mol. The first kappa shape index (κ1) is 10.5. The molecule has 0 aromatic heterocycles. The van der Waals surface area contributed by atoms with E-state index in [-0.39, 0.29) is 12.5 Å². The maximum Gasteiger partial charge on any atom is 0.245 e. The number of ether oxygens (including phenoxy) is 1. The predicted octanol–water partition coefficient (Wildman–Crippen LogP) is -0.109. The number of carbonyl (C=O) groups excluding carboxylic acids is 1. The Labute approximate surface area is 79.0 Å². The molecule has 1 aliphatic carbocycles. The summed E-state index contributed by atoms with van der Waals surface area (Å²) >= 11 is 0. The van der Waals surface area contributed by atoms with Gasteiger partial charge in [-0.3, -0.25) is 4.79 Å². The summed E-state index contributed by atoms with van der Waals surface area (Å²) in [6, 6.07) is 0.759. The zero-order chi connectivity index (χ0) is 9.52. The van der Waals surface area contributed by atoms with E-state index in [2.05, 4.69) is 15.4 Å². The van der Waals surface area contributed by atoms with Gasteiger partial charge in [0.25, 0.3) is 0 Å². The lowest BCUT2D eigenvalue weighted by Crippen LogP contribution is -2.30. The van der Waals surface area contributed by atoms with E-state index >= 15 is 0 Å². The van der Waals surface area contributed by atoms with Gasteiger partial charge in [-0.25, -0.2) is 0 Å². The minimum Gasteiger partial charge on any atom is -0.375 e. The second-order valence-corrected chi connectivity index (χ2v) is 3.36. The molecule has 0 unspecified atom stereocenters. The minimum absolute atomic E-state index is 0.0334. The molecule has 0 atom stereocenters. The molecule has 76 valence electrons. The highest BCUT2D eigenvalue weighted by Crippen LogP contribution is 2.18. The van der Waals surface area contributed by atoms with Crippen LogP contribution in [0.4, 0.5) is 0 Å². The lowest BCUT2D eigenvalue weighted by atomic mass is 10.4. The van der Waals surface area contributed by atoms with Crippen molar-refractivity contribution in [3.8, 4) is 0 Å². The number of rotatable bonds is 7. The Morgan fingerprint density at radius 2 is 2.23 bits per heavy atom. The molecule has 1 rings (SSSR count). The van der Waals surface area contributed by atoms with Crippen LogP contribution in [-0.2, 0) is 9.53 Å². The maximum absolute atomic E-state index is 10.9. The summed E-state index contributed by atoms with van der Waals surface area (Å²) in [7, 11) is 1.52. The Balaban J connectivity index is 1.79. The van der Waals surface area contributed by atoms with Crippen LogP contribution in [0.2, 0.25) is 0 Å². The summed E-state index contributed by atoms with van der Waals surface area (Å²) < 4.78 is 4.68. The van der Waals surface area contributed by atoms with Crippen LogP contribution in [0, 0.1) is 0 Å². The number of amides is 1. The molecule has 0 aromatic carbocycles. The fourth-order valence-corrected chi connectivity index (χ4v) is 1.09. The van der Waals surface area contributed by atoms with Crippen molar-refractivity contribution in [2.75, 3.05) is 26.8 Å². The van der Waals surface area contributed by atoms with Gasteiger partial charge in [0.15, 0.2) is 0 Å². The Bertz CT molecular complexity index is 158. The van der Waals surface area contributed by atoms with Crippen molar-refractivity contribution in [3.63, 3.8) is 0 Å². The highest BCUT2D eigenvalue weighted by molar-refractivity contribution is 5.77. The smallest absolute Gasteiger partial charge is 0.245 e. The van der Waals surface area contributed by atoms with E-state index in [0.717, 1.165) is 25.6 Å². The fourth-order valence-electron chi connectivity index (χ4n) is 1.09. The van der Waals surface area contributed by atoms with E-state index in [9.17, 15) is 4.79 Å². The molecule has 0 spiro atoms. The molecule has 0 aromatic rings. The van der Waals surface area contributed by atoms with Gasteiger partial charge in [-0.15, -0.1) is 0 Å². The molecule has 0 saturated heterocycles. The molecule has 1 fully saturated rings. The van der Waals surface area contributed by atoms with Crippen molar-refractivity contribution in [1.82, 2.24) is 10.6 Å². The standard InChI is InChI=1S/C9H18N2O2/c1-13-7-9(12)11-6-2-5-10-8-3-4-8/h8,10H,2-7H2,1H3,(H,11,12). The summed E-state index contributed by atoms with van der Waals surface area (Å²) in [4.78, 5) is 10.9. The van der Waals surface area contributed by atoms with E-state index in [0.29, 0.717) is 0 Å². The molecule has 13 heavy (non-hydrogen) atoms. The average molecular weight is 186 g/mol. The van der Waals surface area contributed by atoms with Gasteiger partial charge in [-0.05, 0) is 25.8 Å². The molecular formula is C9H18N2O2. The van der Waals surface area contributed by atoms with Crippen molar-refractivity contribution in [3.05, 3.63) is 0 Å². The van der Waals surface area contributed by atoms with Crippen LogP contribution in [0.3, 0.4) is 0 Å². The molecule has 4 heteroatoms. The molecule has 0 bridgehead atoms. The normalized spacial score (nSPS) is 15.8. The number of hydrogen-bond donors (Lipinski definition) is 2. The number of carbonyl (C=O) groups is 1. The zero-order valence-corrected chi connectivity index (χ0v) is 8.14. The van der Waals surface area contributed by atoms with Crippen LogP contribution in [0.1, 0.15) is 19.3 Å². The van der Waals surface area contributed by atoms with Crippen LogP contribution in [0.25, 0.3) is 0 Å². The van der Waals surface area contributed by atoms with Gasteiger partial charge in [-0.2, -0.15) is 0 Å². The fraction of sp³-hybridized carbons (Fsp3) is 0.889. The largest absolute Gasteiger partial charge is 0.375 e. The van der Waals surface area contributed by atoms with Gasteiger partial charge < -0.3 is 15.4 Å². The zero-order valence-electron chi connectivity index (χ0n) is 8.14. The van der Waals surface area contributed by atoms with Crippen molar-refractivity contribution >= 4 is 5.91 Å². The summed E-state index contributed by atoms with van der Waals surface area (Å²) in [6.45, 7) is 1.90. The summed E-state index contributed by atoms with van der Waals surface area (Å²) in [5.41, 5.74) is 0. The molecule has 2 N–H and O–H groups in total. The van der Waals surface area contributed by atoms with Crippen LogP contribution in [0.5, 0.6) is 0 Å². The minimum atomic E-state index is -0.0334. The lowest BCUT2D eigenvalue weighted by Gasteiger charge is -2.04. The third-order valence-corrected chi connectivity index (χ3v) is 1.96. The van der Waals surface area contributed by atoms with Gasteiger partial charge in [0.05, 0.1) is 0 Å². The summed E-state index contributed by atoms with van der Waals surface area (Å²) in [5.74, 6) is -0.0334. The third kappa shape index (κ3) is 5.60. The monoisotopic (exact) mass is 186 g/mol. The second-order valence-electron chi connectivity index (χ2n) is 3.36. The van der Waals surface area contributed by atoms with E-state index in [1.165, 1.54) is 20.0 Å². The molecule has 1 aliphatic rings. The summed E-state index contributed by atoms with van der Waals surface area (Å²) in [6.07, 6.45) is 3.62. The number of methoxy groups -OCH3 is 1. The van der Waals surface area contributed by atoms with Crippen molar-refractivity contribution in [2.45, 2.75) is 25.3 Å². The van der Waals surface area contributed by atoms with E-state index in [1.807, 2.05) is 0 Å². The molecule has 0 radical (unpaired) electrons. The van der Waals surface area contributed by atoms with Crippen LogP contribution < -0.4 is 10.6 Å². The lowest BCUT2D eigenvalue weighted by molar-refractivity contribution is -0.124. The second kappa shape index (κ2) is 5.94. The van der Waals surface area contributed by atoms with Gasteiger partial charge in [0.2, 0.25) is 5.91 Å². The van der Waals surface area contributed by atoms with Gasteiger partial charge in [-0.1, -0.05) is 0 Å². The highest BCUT2D eigenvalue weighted by Gasteiger charge is 2.19. The Morgan fingerprint density at radius 1 is 1.46 bits per heavy atom. The Hall–Kier alpha value is -0.610. The predicted molar refractivity (Wildman–Crippen MR) is 50.5 cm³/mol. The molecule has 0 aliphatic heterocycles. The Kier molecular flexibility index (Phi) is 4.78. The van der Waals surface area contributed by atoms with Crippen LogP contribution in [-0.4, -0.2) is 38.8 Å². The highest BCUT2D eigenvalue weighted by atomic mass is 16.5. The molecule has 1 amide bonds. The third-order valence-electron chi connectivity index (χ3n) is 1.96. The first-order valence-corrected chi connectivity index (χ1v) is 4.82. The topological polar surface area (TPSA) is 50.4 Å². The SMILES string of the molecule is COCC(=O)NCCCNC1CC1. The quantitative estimate of drug-likeness (QED) is 0.545. The van der Waals surface area contributed by atoms with E-state index in [4.69, 9.17) is 0 Å². The number of hydrogen-bond acceptors (Lipinski definition) is 3. The van der Waals surface area contributed by atoms with Crippen molar-refractivity contribution in [2.24, 2.45) is 0 Å². The molecule has 4 nitrogen and oxygen atoms in total. The van der Waals surface area contributed by atoms with Crippen molar-refractivity contribution < 1.29 is 9.53 Å². The van der Waals surface area contributed by atoms with Gasteiger partial charge in [0, 0.05) is 19.7 Å². The van der Waals surface area contributed by atoms with Crippen LogP contribution in [0.15, 0.2) is 0 Å². The molecule has 1 saturated carbocycles. The van der Waals surface area contributed by atoms with Crippen molar-refractivity contribution in [1.29, 1.82) is 0 Å². The first-order valence-electron chi connectivity index (χ1n) is 4.82. The van der Waals surface area contributed by atoms with E-state index in [1.54, 1.807) is 0 Å². The number of nitrogens with one attached hydrogen (secondary N) is 2.